The topological polar surface area (TPSA) is 79.4 Å². The van der Waals surface area contributed by atoms with Crippen LogP contribution in [0.2, 0.25) is 0 Å². The number of rotatable bonds is 2. The van der Waals surface area contributed by atoms with Gasteiger partial charge in [-0.3, -0.25) is 4.79 Å². The zero-order chi connectivity index (χ0) is 11.7. The summed E-state index contributed by atoms with van der Waals surface area (Å²) in [4.78, 5) is 25.5. The molecule has 0 spiro atoms. The number of fused-ring (bicyclic) bond motifs is 1. The highest BCUT2D eigenvalue weighted by Gasteiger charge is 2.20. The Balaban J connectivity index is 2.54. The Kier molecular flexibility index (Phi) is 2.36. The Bertz CT molecular complexity index is 570. The summed E-state index contributed by atoms with van der Waals surface area (Å²) in [7, 11) is 1.15. The van der Waals surface area contributed by atoms with Gasteiger partial charge in [0.2, 0.25) is 0 Å². The summed E-state index contributed by atoms with van der Waals surface area (Å²) in [6.07, 6.45) is 1.42. The van der Waals surface area contributed by atoms with Crippen LogP contribution in [0.3, 0.4) is 0 Å². The van der Waals surface area contributed by atoms with Crippen LogP contribution in [0, 0.1) is 0 Å². The Morgan fingerprint density at radius 3 is 2.81 bits per heavy atom. The molecule has 0 aliphatic rings. The van der Waals surface area contributed by atoms with E-state index in [-0.39, 0.29) is 11.3 Å². The van der Waals surface area contributed by atoms with Crippen molar-refractivity contribution in [1.29, 1.82) is 0 Å². The van der Waals surface area contributed by atoms with Gasteiger partial charge in [-0.2, -0.15) is 0 Å². The Morgan fingerprint density at radius 1 is 1.38 bits per heavy atom. The van der Waals surface area contributed by atoms with Crippen LogP contribution in [0.4, 0.5) is 0 Å². The maximum Gasteiger partial charge on any atom is 0.379 e. The van der Waals surface area contributed by atoms with E-state index >= 15 is 0 Å². The number of phenolic OH excluding ortho intramolecular Hbond substituents is 1. The molecule has 2 rings (SSSR count). The molecule has 1 aromatic heterocycles. The predicted octanol–water partition coefficient (Wildman–Crippen LogP) is 1.23. The molecule has 5 heteroatoms. The summed E-state index contributed by atoms with van der Waals surface area (Å²) in [5, 5.41) is 9.81. The van der Waals surface area contributed by atoms with E-state index < -0.39 is 11.8 Å². The lowest BCUT2D eigenvalue weighted by Crippen LogP contribution is -2.15. The minimum Gasteiger partial charge on any atom is -0.508 e. The summed E-state index contributed by atoms with van der Waals surface area (Å²) < 4.78 is 4.36. The Hall–Kier alpha value is -2.30. The van der Waals surface area contributed by atoms with E-state index in [1.54, 1.807) is 6.07 Å². The number of aromatic nitrogens is 1. The van der Waals surface area contributed by atoms with Crippen LogP contribution >= 0.6 is 0 Å². The van der Waals surface area contributed by atoms with Crippen LogP contribution < -0.4 is 0 Å². The van der Waals surface area contributed by atoms with E-state index in [0.29, 0.717) is 10.9 Å². The molecular formula is C11H9NO4. The molecule has 0 aliphatic carbocycles. The summed E-state index contributed by atoms with van der Waals surface area (Å²) >= 11 is 0. The minimum atomic E-state index is -0.908. The SMILES string of the molecule is COC(=O)C(=O)c1c[nH]c2cc(O)ccc12. The molecule has 0 saturated heterocycles. The normalized spacial score (nSPS) is 10.3. The molecule has 0 aliphatic heterocycles. The van der Waals surface area contributed by atoms with Gasteiger partial charge in [0.15, 0.2) is 0 Å². The number of benzene rings is 1. The fourth-order valence-corrected chi connectivity index (χ4v) is 1.50. The first-order valence-corrected chi connectivity index (χ1v) is 4.56. The molecule has 0 saturated carbocycles. The second-order valence-corrected chi connectivity index (χ2v) is 3.25. The van der Waals surface area contributed by atoms with Crippen molar-refractivity contribution in [2.45, 2.75) is 0 Å². The third-order valence-corrected chi connectivity index (χ3v) is 2.28. The van der Waals surface area contributed by atoms with Crippen molar-refractivity contribution >= 4 is 22.7 Å². The number of esters is 1. The maximum absolute atomic E-state index is 11.6. The number of methoxy groups -OCH3 is 1. The van der Waals surface area contributed by atoms with E-state index in [0.717, 1.165) is 7.11 Å². The Labute approximate surface area is 90.6 Å². The number of nitrogens with one attached hydrogen (secondary N) is 1. The number of H-pyrrole nitrogens is 1. The van der Waals surface area contributed by atoms with Crippen LogP contribution in [0.25, 0.3) is 10.9 Å². The van der Waals surface area contributed by atoms with Gasteiger partial charge >= 0.3 is 5.97 Å². The summed E-state index contributed by atoms with van der Waals surface area (Å²) in [5.74, 6) is -1.53. The highest BCUT2D eigenvalue weighted by molar-refractivity contribution is 6.42. The quantitative estimate of drug-likeness (QED) is 0.452. The molecule has 0 radical (unpaired) electrons. The van der Waals surface area contributed by atoms with Gasteiger partial charge in [-0.05, 0) is 12.1 Å². The molecular weight excluding hydrogens is 210 g/mol. The molecule has 0 bridgehead atoms. The van der Waals surface area contributed by atoms with Gasteiger partial charge in [-0.1, -0.05) is 0 Å². The van der Waals surface area contributed by atoms with Crippen LogP contribution in [0.5, 0.6) is 5.75 Å². The fraction of sp³-hybridized carbons (Fsp3) is 0.0909. The first kappa shape index (κ1) is 10.2. The molecule has 0 fully saturated rings. The number of carbonyl (C=O) groups excluding carboxylic acids is 2. The second-order valence-electron chi connectivity index (χ2n) is 3.25. The van der Waals surface area contributed by atoms with Crippen LogP contribution in [-0.4, -0.2) is 29.0 Å². The molecule has 16 heavy (non-hydrogen) atoms. The molecule has 0 amide bonds. The van der Waals surface area contributed by atoms with Crippen molar-refractivity contribution in [3.63, 3.8) is 0 Å². The van der Waals surface area contributed by atoms with Gasteiger partial charge in [0.1, 0.15) is 5.75 Å². The van der Waals surface area contributed by atoms with Gasteiger partial charge in [-0.25, -0.2) is 4.79 Å². The molecule has 1 aromatic carbocycles. The van der Waals surface area contributed by atoms with Crippen molar-refractivity contribution in [3.8, 4) is 5.75 Å². The number of hydrogen-bond acceptors (Lipinski definition) is 4. The van der Waals surface area contributed by atoms with Gasteiger partial charge < -0.3 is 14.8 Å². The van der Waals surface area contributed by atoms with Crippen LogP contribution in [-0.2, 0) is 9.53 Å². The molecule has 0 unspecified atom stereocenters. The average Bonchev–Trinajstić information content (AvgIpc) is 2.69. The van der Waals surface area contributed by atoms with Crippen molar-refractivity contribution < 1.29 is 19.4 Å². The number of ether oxygens (including phenoxy) is 1. The first-order valence-electron chi connectivity index (χ1n) is 4.56. The number of Topliss-reactive ketones (excluding diaryl/α,β-unsaturated/α-hetero) is 1. The van der Waals surface area contributed by atoms with Gasteiger partial charge in [0, 0.05) is 23.2 Å². The fourth-order valence-electron chi connectivity index (χ4n) is 1.50. The lowest BCUT2D eigenvalue weighted by atomic mass is 10.1. The highest BCUT2D eigenvalue weighted by Crippen LogP contribution is 2.22. The number of aromatic hydroxyl groups is 1. The molecule has 5 nitrogen and oxygen atoms in total. The zero-order valence-corrected chi connectivity index (χ0v) is 8.48. The third-order valence-electron chi connectivity index (χ3n) is 2.28. The van der Waals surface area contributed by atoms with Gasteiger partial charge in [0.05, 0.1) is 12.7 Å². The largest absolute Gasteiger partial charge is 0.508 e. The monoisotopic (exact) mass is 219 g/mol. The van der Waals surface area contributed by atoms with Gasteiger partial charge in [-0.15, -0.1) is 0 Å². The maximum atomic E-state index is 11.6. The predicted molar refractivity (Wildman–Crippen MR) is 56.3 cm³/mol. The lowest BCUT2D eigenvalue weighted by molar-refractivity contribution is -0.135. The number of carbonyl (C=O) groups is 2. The molecule has 82 valence electrons. The van der Waals surface area contributed by atoms with Crippen molar-refractivity contribution in [2.75, 3.05) is 7.11 Å². The third kappa shape index (κ3) is 1.52. The number of hydrogen-bond donors (Lipinski definition) is 2. The molecule has 1 heterocycles. The van der Waals surface area contributed by atoms with Crippen molar-refractivity contribution in [1.82, 2.24) is 4.98 Å². The smallest absolute Gasteiger partial charge is 0.379 e. The Morgan fingerprint density at radius 2 is 2.12 bits per heavy atom. The first-order chi connectivity index (χ1) is 7.63. The number of aromatic amines is 1. The van der Waals surface area contributed by atoms with E-state index in [9.17, 15) is 14.7 Å². The van der Waals surface area contributed by atoms with E-state index in [4.69, 9.17) is 0 Å². The summed E-state index contributed by atoms with van der Waals surface area (Å²) in [6.45, 7) is 0. The molecule has 2 N–H and O–H groups in total. The number of phenols is 1. The summed E-state index contributed by atoms with van der Waals surface area (Å²) in [5.41, 5.74) is 0.828. The van der Waals surface area contributed by atoms with Crippen LogP contribution in [0.15, 0.2) is 24.4 Å². The summed E-state index contributed by atoms with van der Waals surface area (Å²) in [6, 6.07) is 4.49. The van der Waals surface area contributed by atoms with Crippen molar-refractivity contribution in [3.05, 3.63) is 30.0 Å². The zero-order valence-electron chi connectivity index (χ0n) is 8.48. The molecule has 0 atom stereocenters. The van der Waals surface area contributed by atoms with Gasteiger partial charge in [0.25, 0.3) is 5.78 Å². The highest BCUT2D eigenvalue weighted by atomic mass is 16.5. The van der Waals surface area contributed by atoms with E-state index in [2.05, 4.69) is 9.72 Å². The standard InChI is InChI=1S/C11H9NO4/c1-16-11(15)10(14)8-5-12-9-4-6(13)2-3-7(8)9/h2-5,12-13H,1H3. The minimum absolute atomic E-state index is 0.0893. The average molecular weight is 219 g/mol. The second kappa shape index (κ2) is 3.69. The van der Waals surface area contributed by atoms with Crippen LogP contribution in [0.1, 0.15) is 10.4 Å². The van der Waals surface area contributed by atoms with Crippen molar-refractivity contribution in [2.24, 2.45) is 0 Å². The van der Waals surface area contributed by atoms with E-state index in [1.165, 1.54) is 18.3 Å². The lowest BCUT2D eigenvalue weighted by Gasteiger charge is -1.97. The molecule has 2 aromatic rings. The van der Waals surface area contributed by atoms with E-state index in [1.807, 2.05) is 0 Å². The number of ketones is 1.